The van der Waals surface area contributed by atoms with Crippen LogP contribution in [0, 0.1) is 0 Å². The van der Waals surface area contributed by atoms with Gasteiger partial charge in [-0.15, -0.1) is 11.8 Å². The number of hydrogen-bond donors (Lipinski definition) is 1. The smallest absolute Gasteiger partial charge is 0.252 e. The highest BCUT2D eigenvalue weighted by atomic mass is 32.2. The average molecular weight is 537 g/mol. The van der Waals surface area contributed by atoms with Crippen LogP contribution in [-0.2, 0) is 20.6 Å². The highest BCUT2D eigenvalue weighted by Gasteiger charge is 2.23. The van der Waals surface area contributed by atoms with Crippen LogP contribution >= 0.6 is 19.8 Å². The number of para-hydroxylation sites is 1. The number of nitrogens with zero attached hydrogens (tertiary/aromatic N) is 1. The van der Waals surface area contributed by atoms with Crippen molar-refractivity contribution in [3.63, 3.8) is 0 Å². The maximum Gasteiger partial charge on any atom is 0.252 e. The molecule has 1 heterocycles. The van der Waals surface area contributed by atoms with E-state index in [1.54, 1.807) is 25.6 Å². The molecule has 3 aromatic carbocycles. The van der Waals surface area contributed by atoms with Gasteiger partial charge in [0.1, 0.15) is 0 Å². The molecule has 6 nitrogen and oxygen atoms in total. The SMILES string of the molecule is CCO/[P+]([O-])=C(\C)OC(CCCC(N)=O)c1cccc2c1c1ccccc1n2Cc1cccc(SC)c1. The van der Waals surface area contributed by atoms with E-state index in [9.17, 15) is 9.69 Å². The Morgan fingerprint density at radius 3 is 2.62 bits per heavy atom. The largest absolute Gasteiger partial charge is 0.601 e. The predicted octanol–water partition coefficient (Wildman–Crippen LogP) is 6.14. The van der Waals surface area contributed by atoms with E-state index < -0.39 is 14.1 Å². The molecule has 0 saturated carbocycles. The zero-order valence-electron chi connectivity index (χ0n) is 21.5. The second-order valence-corrected chi connectivity index (χ2v) is 11.1. The van der Waals surface area contributed by atoms with Crippen LogP contribution in [0.4, 0.5) is 0 Å². The van der Waals surface area contributed by atoms with Crippen LogP contribution in [0.25, 0.3) is 21.8 Å². The second kappa shape index (κ2) is 12.7. The van der Waals surface area contributed by atoms with Gasteiger partial charge in [0.05, 0.1) is 12.7 Å². The summed E-state index contributed by atoms with van der Waals surface area (Å²) in [6.07, 6.45) is 3.07. The van der Waals surface area contributed by atoms with Crippen LogP contribution < -0.4 is 10.6 Å². The third kappa shape index (κ3) is 6.43. The predicted molar refractivity (Wildman–Crippen MR) is 153 cm³/mol. The molecule has 0 fully saturated rings. The summed E-state index contributed by atoms with van der Waals surface area (Å²) in [5, 5.41) is 2.23. The van der Waals surface area contributed by atoms with Gasteiger partial charge in [0.15, 0.2) is 0 Å². The van der Waals surface area contributed by atoms with E-state index in [1.807, 2.05) is 12.1 Å². The summed E-state index contributed by atoms with van der Waals surface area (Å²) in [6, 6.07) is 23.2. The van der Waals surface area contributed by atoms with Gasteiger partial charge in [0.2, 0.25) is 13.9 Å². The van der Waals surface area contributed by atoms with Crippen molar-refractivity contribution in [1.29, 1.82) is 0 Å². The number of amides is 1. The number of hydrogen-bond acceptors (Lipinski definition) is 5. The summed E-state index contributed by atoms with van der Waals surface area (Å²) in [5.74, 6) is -0.345. The fourth-order valence-electron chi connectivity index (χ4n) is 4.71. The average Bonchev–Trinajstić information content (AvgIpc) is 3.21. The lowest BCUT2D eigenvalue weighted by Gasteiger charge is -2.19. The number of primary amides is 1. The minimum absolute atomic E-state index is 0.264. The molecule has 0 spiro atoms. The lowest BCUT2D eigenvalue weighted by molar-refractivity contribution is -0.172. The van der Waals surface area contributed by atoms with E-state index in [-0.39, 0.29) is 12.3 Å². The maximum absolute atomic E-state index is 12.5. The molecule has 194 valence electrons. The zero-order chi connectivity index (χ0) is 26.4. The van der Waals surface area contributed by atoms with E-state index >= 15 is 0 Å². The quantitative estimate of drug-likeness (QED) is 0.174. The molecule has 1 amide bonds. The first-order valence-electron chi connectivity index (χ1n) is 12.4. The topological polar surface area (TPSA) is 89.5 Å². The van der Waals surface area contributed by atoms with Crippen LogP contribution in [0.3, 0.4) is 0 Å². The van der Waals surface area contributed by atoms with Gasteiger partial charge in [0.25, 0.3) is 5.48 Å². The molecule has 0 radical (unpaired) electrons. The van der Waals surface area contributed by atoms with E-state index in [2.05, 4.69) is 65.4 Å². The normalized spacial score (nSPS) is 13.2. The molecule has 37 heavy (non-hydrogen) atoms. The Balaban J connectivity index is 1.84. The van der Waals surface area contributed by atoms with Gasteiger partial charge in [-0.1, -0.05) is 42.5 Å². The molecule has 4 aromatic rings. The Labute approximate surface area is 223 Å². The summed E-state index contributed by atoms with van der Waals surface area (Å²) in [6.45, 7) is 4.56. The summed E-state index contributed by atoms with van der Waals surface area (Å²) in [7, 11) is -2.06. The molecule has 8 heteroatoms. The minimum Gasteiger partial charge on any atom is -0.601 e. The van der Waals surface area contributed by atoms with Crippen molar-refractivity contribution < 1.29 is 18.9 Å². The van der Waals surface area contributed by atoms with E-state index in [0.29, 0.717) is 24.9 Å². The van der Waals surface area contributed by atoms with Crippen molar-refractivity contribution in [2.24, 2.45) is 5.73 Å². The molecule has 2 N–H and O–H groups in total. The van der Waals surface area contributed by atoms with Crippen molar-refractivity contribution in [3.05, 3.63) is 77.9 Å². The van der Waals surface area contributed by atoms with E-state index in [0.717, 1.165) is 33.9 Å². The number of aromatic nitrogens is 1. The second-order valence-electron chi connectivity index (χ2n) is 8.86. The molecular formula is C29H33N2O4PS. The molecule has 0 saturated heterocycles. The van der Waals surface area contributed by atoms with Gasteiger partial charge in [-0.3, -0.25) is 4.79 Å². The molecule has 2 unspecified atom stereocenters. The fraction of sp³-hybridized carbons (Fsp3) is 0.310. The molecule has 0 aliphatic heterocycles. The lowest BCUT2D eigenvalue weighted by Crippen LogP contribution is -2.14. The fourth-order valence-corrected chi connectivity index (χ4v) is 5.83. The van der Waals surface area contributed by atoms with Gasteiger partial charge < -0.3 is 19.9 Å². The summed E-state index contributed by atoms with van der Waals surface area (Å²) >= 11 is 1.73. The number of nitrogens with two attached hydrogens (primary N) is 1. The zero-order valence-corrected chi connectivity index (χ0v) is 23.2. The van der Waals surface area contributed by atoms with Crippen molar-refractivity contribution >= 4 is 53.0 Å². The lowest BCUT2D eigenvalue weighted by atomic mass is 9.98. The van der Waals surface area contributed by atoms with Gasteiger partial charge in [-0.25, -0.2) is 0 Å². The molecular weight excluding hydrogens is 503 g/mol. The Morgan fingerprint density at radius 2 is 1.86 bits per heavy atom. The number of carbonyl (C=O) groups excluding carboxylic acids is 1. The number of rotatable bonds is 12. The number of thioether (sulfide) groups is 1. The van der Waals surface area contributed by atoms with E-state index in [1.165, 1.54) is 10.5 Å². The Hall–Kier alpha value is -2.67. The summed E-state index contributed by atoms with van der Waals surface area (Å²) in [4.78, 5) is 25.2. The van der Waals surface area contributed by atoms with Crippen LogP contribution in [0.1, 0.15) is 50.3 Å². The molecule has 0 aliphatic rings. The van der Waals surface area contributed by atoms with Crippen LogP contribution in [-0.4, -0.2) is 28.8 Å². The highest BCUT2D eigenvalue weighted by Crippen LogP contribution is 2.38. The van der Waals surface area contributed by atoms with Crippen molar-refractivity contribution in [2.45, 2.75) is 50.7 Å². The van der Waals surface area contributed by atoms with Crippen LogP contribution in [0.15, 0.2) is 71.6 Å². The summed E-state index contributed by atoms with van der Waals surface area (Å²) in [5.41, 5.74) is 10.2. The molecule has 0 bridgehead atoms. The van der Waals surface area contributed by atoms with Gasteiger partial charge >= 0.3 is 0 Å². The minimum atomic E-state index is -2.06. The molecule has 1 aromatic heterocycles. The first-order valence-corrected chi connectivity index (χ1v) is 14.8. The highest BCUT2D eigenvalue weighted by molar-refractivity contribution is 7.98. The van der Waals surface area contributed by atoms with E-state index in [4.69, 9.17) is 15.0 Å². The van der Waals surface area contributed by atoms with Crippen LogP contribution in [0.2, 0.25) is 0 Å². The number of benzene rings is 3. The molecule has 2 atom stereocenters. The van der Waals surface area contributed by atoms with Crippen molar-refractivity contribution in [3.8, 4) is 0 Å². The maximum atomic E-state index is 12.5. The number of carbonyl (C=O) groups is 1. The van der Waals surface area contributed by atoms with Gasteiger partial charge in [-0.05, 0) is 61.4 Å². The van der Waals surface area contributed by atoms with Gasteiger partial charge in [-0.2, -0.15) is 4.52 Å². The van der Waals surface area contributed by atoms with Crippen molar-refractivity contribution in [1.82, 2.24) is 4.57 Å². The standard InChI is InChI=1S/C29H33N2O4PS/c1-4-34-36(33)20(2)35-27(16-9-17-28(30)32)24-13-8-15-26-29(24)23-12-5-6-14-25(23)31(26)19-21-10-7-11-22(18-21)37-3/h5-8,10-15,18,27H,4,9,16-17,19H2,1-3H3,(H2,30,32). The summed E-state index contributed by atoms with van der Waals surface area (Å²) < 4.78 is 13.9. The molecule has 0 aliphatic carbocycles. The third-order valence-corrected chi connectivity index (χ3v) is 8.19. The monoisotopic (exact) mass is 536 g/mol. The Kier molecular flexibility index (Phi) is 9.41. The number of fused-ring (bicyclic) bond motifs is 3. The first kappa shape index (κ1) is 27.4. The first-order chi connectivity index (χ1) is 17.9. The number of ether oxygens (including phenoxy) is 1. The third-order valence-electron chi connectivity index (χ3n) is 6.36. The van der Waals surface area contributed by atoms with Crippen molar-refractivity contribution in [2.75, 3.05) is 12.9 Å². The van der Waals surface area contributed by atoms with Gasteiger partial charge in [0, 0.05) is 46.6 Å². The molecule has 4 rings (SSSR count). The Morgan fingerprint density at radius 1 is 1.11 bits per heavy atom. The van der Waals surface area contributed by atoms with Crippen LogP contribution in [0.5, 0.6) is 0 Å². The Bertz CT molecular complexity index is 1430.